The lowest BCUT2D eigenvalue weighted by Gasteiger charge is -2.32. The van der Waals surface area contributed by atoms with E-state index in [4.69, 9.17) is 4.74 Å². The lowest BCUT2D eigenvalue weighted by atomic mass is 10.0. The Morgan fingerprint density at radius 1 is 1.00 bits per heavy atom. The summed E-state index contributed by atoms with van der Waals surface area (Å²) in [5.74, 6) is 1.91. The van der Waals surface area contributed by atoms with Crippen LogP contribution in [-0.4, -0.2) is 37.7 Å². The monoisotopic (exact) mass is 360 g/mol. The molecule has 0 amide bonds. The van der Waals surface area contributed by atoms with Gasteiger partial charge in [-0.15, -0.1) is 12.4 Å². The number of fused-ring (bicyclic) bond motifs is 1. The predicted octanol–water partition coefficient (Wildman–Crippen LogP) is 4.23. The van der Waals surface area contributed by atoms with Gasteiger partial charge in [-0.2, -0.15) is 0 Å². The number of halogens is 1. The minimum atomic E-state index is 0. The summed E-state index contributed by atoms with van der Waals surface area (Å²) in [6.45, 7) is 4.74. The fourth-order valence-electron chi connectivity index (χ4n) is 3.71. The molecule has 3 nitrogen and oxygen atoms in total. The highest BCUT2D eigenvalue weighted by Crippen LogP contribution is 2.28. The normalized spacial score (nSPS) is 18.9. The third-order valence-electron chi connectivity index (χ3n) is 5.50. The molecule has 2 aliphatic rings. The topological polar surface area (TPSA) is 24.5 Å². The molecular weight excluding hydrogens is 332 g/mol. The first kappa shape index (κ1) is 18.5. The van der Waals surface area contributed by atoms with Crippen LogP contribution in [0.5, 0.6) is 5.75 Å². The average Bonchev–Trinajstić information content (AvgIpc) is 3.45. The van der Waals surface area contributed by atoms with Crippen molar-refractivity contribution >= 4 is 23.2 Å². The Morgan fingerprint density at radius 3 is 2.44 bits per heavy atom. The Bertz CT molecular complexity index is 693. The minimum Gasteiger partial charge on any atom is -0.497 e. The summed E-state index contributed by atoms with van der Waals surface area (Å²) in [6, 6.07) is 13.9. The van der Waals surface area contributed by atoms with Crippen molar-refractivity contribution in [3.8, 4) is 5.75 Å². The van der Waals surface area contributed by atoms with Crippen molar-refractivity contribution in [2.75, 3.05) is 26.7 Å². The van der Waals surface area contributed by atoms with Crippen molar-refractivity contribution < 1.29 is 4.74 Å². The van der Waals surface area contributed by atoms with E-state index in [9.17, 15) is 0 Å². The molecule has 0 spiro atoms. The number of likely N-dealkylation sites (tertiary alicyclic amines) is 1. The zero-order chi connectivity index (χ0) is 16.4. The summed E-state index contributed by atoms with van der Waals surface area (Å²) in [5, 5.41) is 6.32. The molecule has 0 bridgehead atoms. The summed E-state index contributed by atoms with van der Waals surface area (Å²) in [5.41, 5.74) is 1.41. The van der Waals surface area contributed by atoms with Crippen LogP contribution in [0.25, 0.3) is 10.8 Å². The van der Waals surface area contributed by atoms with Crippen LogP contribution in [0.2, 0.25) is 0 Å². The van der Waals surface area contributed by atoms with Gasteiger partial charge >= 0.3 is 0 Å². The highest BCUT2D eigenvalue weighted by molar-refractivity contribution is 5.85. The van der Waals surface area contributed by atoms with Crippen molar-refractivity contribution in [1.82, 2.24) is 10.2 Å². The van der Waals surface area contributed by atoms with E-state index in [1.807, 2.05) is 6.07 Å². The lowest BCUT2D eigenvalue weighted by Crippen LogP contribution is -2.42. The van der Waals surface area contributed by atoms with E-state index in [-0.39, 0.29) is 12.4 Å². The van der Waals surface area contributed by atoms with Gasteiger partial charge in [0.1, 0.15) is 5.75 Å². The summed E-state index contributed by atoms with van der Waals surface area (Å²) >= 11 is 0. The number of piperidine rings is 1. The molecule has 0 aromatic heterocycles. The van der Waals surface area contributed by atoms with E-state index < -0.39 is 0 Å². The van der Waals surface area contributed by atoms with Gasteiger partial charge in [-0.25, -0.2) is 0 Å². The molecule has 136 valence electrons. The van der Waals surface area contributed by atoms with E-state index in [0.717, 1.165) is 24.3 Å². The largest absolute Gasteiger partial charge is 0.497 e. The predicted molar refractivity (Wildman–Crippen MR) is 107 cm³/mol. The van der Waals surface area contributed by atoms with Crippen molar-refractivity contribution in [3.05, 3.63) is 42.0 Å². The molecule has 2 fully saturated rings. The molecule has 4 rings (SSSR count). The third kappa shape index (κ3) is 4.87. The zero-order valence-corrected chi connectivity index (χ0v) is 15.9. The lowest BCUT2D eigenvalue weighted by molar-refractivity contribution is 0.190. The number of nitrogens with zero attached hydrogens (tertiary/aromatic N) is 1. The fraction of sp³-hybridized carbons (Fsp3) is 0.524. The maximum absolute atomic E-state index is 5.31. The number of benzene rings is 2. The van der Waals surface area contributed by atoms with Crippen molar-refractivity contribution in [2.45, 2.75) is 38.3 Å². The number of methoxy groups -OCH3 is 1. The average molecular weight is 361 g/mol. The highest BCUT2D eigenvalue weighted by atomic mass is 35.5. The second kappa shape index (κ2) is 8.39. The second-order valence-electron chi connectivity index (χ2n) is 7.45. The second-order valence-corrected chi connectivity index (χ2v) is 7.45. The van der Waals surface area contributed by atoms with Crippen LogP contribution in [0, 0.1) is 5.92 Å². The van der Waals surface area contributed by atoms with Gasteiger partial charge in [-0.05, 0) is 85.8 Å². The molecule has 4 heteroatoms. The van der Waals surface area contributed by atoms with Crippen LogP contribution in [0.1, 0.15) is 31.2 Å². The molecule has 2 aromatic rings. The van der Waals surface area contributed by atoms with Crippen LogP contribution in [0.15, 0.2) is 36.4 Å². The van der Waals surface area contributed by atoms with Crippen LogP contribution in [-0.2, 0) is 6.54 Å². The summed E-state index contributed by atoms with van der Waals surface area (Å²) in [7, 11) is 1.72. The van der Waals surface area contributed by atoms with E-state index >= 15 is 0 Å². The summed E-state index contributed by atoms with van der Waals surface area (Å²) < 4.78 is 5.31. The van der Waals surface area contributed by atoms with Gasteiger partial charge in [-0.1, -0.05) is 18.2 Å². The van der Waals surface area contributed by atoms with Gasteiger partial charge in [0.05, 0.1) is 7.11 Å². The minimum absolute atomic E-state index is 0. The number of ether oxygens (including phenoxy) is 1. The van der Waals surface area contributed by atoms with Gasteiger partial charge in [-0.3, -0.25) is 4.90 Å². The molecule has 1 saturated carbocycles. The van der Waals surface area contributed by atoms with Gasteiger partial charge in [0.2, 0.25) is 0 Å². The molecule has 0 radical (unpaired) electrons. The maximum Gasteiger partial charge on any atom is 0.119 e. The number of hydrogen-bond donors (Lipinski definition) is 1. The van der Waals surface area contributed by atoms with Crippen molar-refractivity contribution in [3.63, 3.8) is 0 Å². The van der Waals surface area contributed by atoms with Crippen LogP contribution in [0.3, 0.4) is 0 Å². The molecule has 1 saturated heterocycles. The Balaban J connectivity index is 0.00000182. The first-order chi connectivity index (χ1) is 11.8. The van der Waals surface area contributed by atoms with Crippen molar-refractivity contribution in [2.24, 2.45) is 5.92 Å². The van der Waals surface area contributed by atoms with Crippen LogP contribution < -0.4 is 10.1 Å². The Hall–Kier alpha value is -1.29. The first-order valence-corrected chi connectivity index (χ1v) is 9.32. The molecule has 1 aliphatic carbocycles. The molecule has 0 atom stereocenters. The Labute approximate surface area is 157 Å². The van der Waals surface area contributed by atoms with E-state index in [1.165, 1.54) is 61.7 Å². The van der Waals surface area contributed by atoms with E-state index in [1.54, 1.807) is 7.11 Å². The first-order valence-electron chi connectivity index (χ1n) is 9.32. The Morgan fingerprint density at radius 2 is 1.72 bits per heavy atom. The molecule has 0 unspecified atom stereocenters. The van der Waals surface area contributed by atoms with Gasteiger partial charge in [0, 0.05) is 12.6 Å². The van der Waals surface area contributed by atoms with Gasteiger partial charge in [0.15, 0.2) is 0 Å². The van der Waals surface area contributed by atoms with Crippen molar-refractivity contribution in [1.29, 1.82) is 0 Å². The molecular formula is C21H29ClN2O. The molecule has 1 N–H and O–H groups in total. The standard InChI is InChI=1S/C21H28N2O.ClH/c1-24-21-7-6-18-12-17(4-5-19(18)13-21)15-23-10-8-20(9-11-23)22-14-16-2-3-16;/h4-7,12-13,16,20,22H,2-3,8-11,14-15H2,1H3;1H. The number of hydrogen-bond acceptors (Lipinski definition) is 3. The summed E-state index contributed by atoms with van der Waals surface area (Å²) in [4.78, 5) is 2.60. The number of nitrogens with one attached hydrogen (secondary N) is 1. The van der Waals surface area contributed by atoms with E-state index in [2.05, 4.69) is 40.5 Å². The molecule has 1 heterocycles. The maximum atomic E-state index is 5.31. The smallest absolute Gasteiger partial charge is 0.119 e. The quantitative estimate of drug-likeness (QED) is 0.834. The Kier molecular flexibility index (Phi) is 6.21. The SMILES string of the molecule is COc1ccc2cc(CN3CCC(NCC4CC4)CC3)ccc2c1.Cl. The van der Waals surface area contributed by atoms with Gasteiger partial charge < -0.3 is 10.1 Å². The van der Waals surface area contributed by atoms with Gasteiger partial charge in [0.25, 0.3) is 0 Å². The fourth-order valence-corrected chi connectivity index (χ4v) is 3.71. The number of rotatable bonds is 6. The third-order valence-corrected chi connectivity index (χ3v) is 5.50. The molecule has 25 heavy (non-hydrogen) atoms. The van der Waals surface area contributed by atoms with Crippen LogP contribution in [0.4, 0.5) is 0 Å². The van der Waals surface area contributed by atoms with Crippen LogP contribution >= 0.6 is 12.4 Å². The molecule has 1 aliphatic heterocycles. The summed E-state index contributed by atoms with van der Waals surface area (Å²) in [6.07, 6.45) is 5.47. The van der Waals surface area contributed by atoms with E-state index in [0.29, 0.717) is 0 Å². The zero-order valence-electron chi connectivity index (χ0n) is 15.0. The highest BCUT2D eigenvalue weighted by Gasteiger charge is 2.24. The molecule has 2 aromatic carbocycles.